The lowest BCUT2D eigenvalue weighted by Crippen LogP contribution is -2.49. The van der Waals surface area contributed by atoms with Crippen LogP contribution in [-0.2, 0) is 14.4 Å². The molecule has 4 amide bonds. The fourth-order valence-electron chi connectivity index (χ4n) is 11.2. The zero-order chi connectivity index (χ0) is 49.3. The van der Waals surface area contributed by atoms with Crippen LogP contribution in [0.25, 0.3) is 16.5 Å². The van der Waals surface area contributed by atoms with E-state index in [0.29, 0.717) is 78.8 Å². The van der Waals surface area contributed by atoms with Gasteiger partial charge in [0.25, 0.3) is 17.4 Å². The Morgan fingerprint density at radius 1 is 0.887 bits per heavy atom. The molecular formula is C51H64N14O6. The Morgan fingerprint density at radius 2 is 1.68 bits per heavy atom. The van der Waals surface area contributed by atoms with Gasteiger partial charge in [-0.05, 0) is 94.7 Å². The van der Waals surface area contributed by atoms with Crippen molar-refractivity contribution in [2.75, 3.05) is 74.6 Å². The van der Waals surface area contributed by atoms with E-state index in [1.54, 1.807) is 25.3 Å². The van der Waals surface area contributed by atoms with Crippen molar-refractivity contribution in [2.24, 2.45) is 5.92 Å². The molecule has 3 N–H and O–H groups in total. The number of methoxy groups -OCH3 is 1. The highest BCUT2D eigenvalue weighted by molar-refractivity contribution is 5.99. The van der Waals surface area contributed by atoms with E-state index in [2.05, 4.69) is 57.4 Å². The maximum absolute atomic E-state index is 13.6. The molecule has 10 rings (SSSR count). The molecule has 2 aromatic carbocycles. The van der Waals surface area contributed by atoms with Crippen molar-refractivity contribution < 1.29 is 23.9 Å². The monoisotopic (exact) mass is 969 g/mol. The minimum atomic E-state index is -0.814. The fourth-order valence-corrected chi connectivity index (χ4v) is 11.2. The van der Waals surface area contributed by atoms with Gasteiger partial charge in [-0.25, -0.2) is 9.67 Å². The Morgan fingerprint density at radius 3 is 2.42 bits per heavy atom. The SMILES string of the molecule is CC[C@@H]1c2nnc(C)n2-c2cnc(Nc3ccc(C(=O)NC4CCN(C(=O)CCN5CCN(c6ccc7c(=O)n(C8CCC(=O)NC8=O)nc(C)c7c6)CC5)CC4)cc3OC)nc2N1CC1CCCCC1. The van der Waals surface area contributed by atoms with Gasteiger partial charge in [0.1, 0.15) is 23.3 Å². The van der Waals surface area contributed by atoms with Gasteiger partial charge in [-0.2, -0.15) is 10.1 Å². The summed E-state index contributed by atoms with van der Waals surface area (Å²) in [6.07, 6.45) is 11.1. The largest absolute Gasteiger partial charge is 0.495 e. The van der Waals surface area contributed by atoms with Crippen LogP contribution >= 0.6 is 0 Å². The third kappa shape index (κ3) is 9.77. The van der Waals surface area contributed by atoms with Gasteiger partial charge in [-0.15, -0.1) is 10.2 Å². The van der Waals surface area contributed by atoms with E-state index in [4.69, 9.17) is 14.7 Å². The number of piperazine rings is 1. The number of aromatic nitrogens is 7. The second-order valence-corrected chi connectivity index (χ2v) is 19.7. The normalized spacial score (nSPS) is 20.1. The maximum Gasteiger partial charge on any atom is 0.275 e. The van der Waals surface area contributed by atoms with Gasteiger partial charge < -0.3 is 30.1 Å². The molecule has 1 saturated carbocycles. The topological polar surface area (TPSA) is 218 Å². The molecule has 0 radical (unpaired) electrons. The van der Waals surface area contributed by atoms with Crippen LogP contribution < -0.4 is 36.0 Å². The number of anilines is 4. The van der Waals surface area contributed by atoms with Crippen molar-refractivity contribution in [1.82, 2.24) is 54.9 Å². The number of likely N-dealkylation sites (tertiary alicyclic amines) is 1. The van der Waals surface area contributed by atoms with Gasteiger partial charge in [-0.1, -0.05) is 26.2 Å². The zero-order valence-corrected chi connectivity index (χ0v) is 41.2. The third-order valence-corrected chi connectivity index (χ3v) is 15.2. The average molecular weight is 969 g/mol. The summed E-state index contributed by atoms with van der Waals surface area (Å²) in [5, 5.41) is 23.6. The first kappa shape index (κ1) is 47.7. The number of piperidine rings is 2. The van der Waals surface area contributed by atoms with Crippen molar-refractivity contribution in [1.29, 1.82) is 0 Å². The molecule has 3 saturated heterocycles. The summed E-state index contributed by atoms with van der Waals surface area (Å²) in [4.78, 5) is 83.3. The van der Waals surface area contributed by atoms with Crippen LogP contribution in [-0.4, -0.2) is 133 Å². The third-order valence-electron chi connectivity index (χ3n) is 15.2. The molecule has 374 valence electrons. The smallest absolute Gasteiger partial charge is 0.275 e. The van der Waals surface area contributed by atoms with Crippen LogP contribution in [0.3, 0.4) is 0 Å². The van der Waals surface area contributed by atoms with E-state index in [-0.39, 0.29) is 48.2 Å². The summed E-state index contributed by atoms with van der Waals surface area (Å²) in [6, 6.07) is 10.2. The number of benzene rings is 2. The fraction of sp³-hybridized carbons (Fsp3) is 0.529. The lowest BCUT2D eigenvalue weighted by Gasteiger charge is -2.39. The van der Waals surface area contributed by atoms with Crippen molar-refractivity contribution in [2.45, 2.75) is 110 Å². The molecule has 5 aromatic rings. The number of amides is 4. The first-order valence-electron chi connectivity index (χ1n) is 25.4. The quantitative estimate of drug-likeness (QED) is 0.134. The summed E-state index contributed by atoms with van der Waals surface area (Å²) in [7, 11) is 1.58. The first-order chi connectivity index (χ1) is 34.5. The number of nitrogens with one attached hydrogen (secondary N) is 3. The number of nitrogens with zero attached hydrogens (tertiary/aromatic N) is 11. The predicted octanol–water partition coefficient (Wildman–Crippen LogP) is 4.90. The second kappa shape index (κ2) is 20.4. The molecule has 1 aliphatic carbocycles. The number of hydrogen-bond donors (Lipinski definition) is 3. The molecule has 71 heavy (non-hydrogen) atoms. The molecule has 20 heteroatoms. The molecule has 0 bridgehead atoms. The number of carbonyl (C=O) groups excluding carboxylic acids is 4. The van der Waals surface area contributed by atoms with Crippen molar-refractivity contribution in [3.8, 4) is 11.4 Å². The van der Waals surface area contributed by atoms with Crippen molar-refractivity contribution in [3.63, 3.8) is 0 Å². The molecule has 0 spiro atoms. The molecule has 1 unspecified atom stereocenters. The van der Waals surface area contributed by atoms with Crippen LogP contribution in [0.1, 0.15) is 117 Å². The predicted molar refractivity (Wildman–Crippen MR) is 267 cm³/mol. The minimum absolute atomic E-state index is 0.0472. The Bertz CT molecular complexity index is 2900. The lowest BCUT2D eigenvalue weighted by molar-refractivity contribution is -0.136. The van der Waals surface area contributed by atoms with Crippen LogP contribution in [0.15, 0.2) is 47.4 Å². The number of aryl methyl sites for hydroxylation is 2. The Balaban J connectivity index is 0.698. The van der Waals surface area contributed by atoms with E-state index >= 15 is 0 Å². The van der Waals surface area contributed by atoms with Gasteiger partial charge in [0, 0.05) is 87.9 Å². The summed E-state index contributed by atoms with van der Waals surface area (Å²) in [6.45, 7) is 11.8. The van der Waals surface area contributed by atoms with Gasteiger partial charge in [0.05, 0.1) is 36.1 Å². The highest BCUT2D eigenvalue weighted by Crippen LogP contribution is 2.41. The van der Waals surface area contributed by atoms with E-state index in [1.165, 1.54) is 36.8 Å². The van der Waals surface area contributed by atoms with Crippen LogP contribution in [0.4, 0.5) is 23.1 Å². The first-order valence-corrected chi connectivity index (χ1v) is 25.4. The molecule has 2 atom stereocenters. The highest BCUT2D eigenvalue weighted by Gasteiger charge is 2.37. The molecule has 4 fully saturated rings. The van der Waals surface area contributed by atoms with Crippen molar-refractivity contribution >= 4 is 57.5 Å². The van der Waals surface area contributed by atoms with Crippen LogP contribution in [0, 0.1) is 19.8 Å². The molecular weight excluding hydrogens is 905 g/mol. The Labute approximate surface area is 412 Å². The van der Waals surface area contributed by atoms with E-state index in [9.17, 15) is 24.0 Å². The summed E-state index contributed by atoms with van der Waals surface area (Å²) < 4.78 is 9.08. The Hall–Kier alpha value is -6.96. The molecule has 3 aromatic heterocycles. The van der Waals surface area contributed by atoms with Crippen LogP contribution in [0.5, 0.6) is 5.75 Å². The number of rotatable bonds is 13. The molecule has 5 aliphatic rings. The van der Waals surface area contributed by atoms with Crippen LogP contribution in [0.2, 0.25) is 0 Å². The van der Waals surface area contributed by atoms with Gasteiger partial charge in [-0.3, -0.25) is 38.8 Å². The highest BCUT2D eigenvalue weighted by atomic mass is 16.5. The number of imide groups is 1. The standard InChI is InChI=1S/C51H64N14O6/c1-5-40-47-58-57-32(3)64(47)42-29-52-51(56-46(42)63(40)30-33-9-7-6-8-10-33)54-39-14-11-34(27-43(39)71-4)48(68)53-35-17-21-62(22-18-35)45(67)19-20-60-23-25-61(26-24-60)36-12-13-37-38(28-36)31(2)59-65(50(37)70)41-15-16-44(66)55-49(41)69/h11-14,27-29,33,35,40-41H,5-10,15-26,30H2,1-4H3,(H,53,68)(H,52,54,56)(H,55,66,69)/t40-,41?/m1/s1. The Kier molecular flexibility index (Phi) is 13.7. The molecule has 20 nitrogen and oxygen atoms in total. The average Bonchev–Trinajstić information content (AvgIpc) is 3.78. The maximum atomic E-state index is 13.6. The van der Waals surface area contributed by atoms with Gasteiger partial charge in [0.2, 0.25) is 17.8 Å². The molecule has 4 aliphatic heterocycles. The van der Waals surface area contributed by atoms with Gasteiger partial charge in [0.15, 0.2) is 11.6 Å². The molecule has 7 heterocycles. The van der Waals surface area contributed by atoms with Gasteiger partial charge >= 0.3 is 0 Å². The van der Waals surface area contributed by atoms with E-state index in [1.807, 2.05) is 43.1 Å². The summed E-state index contributed by atoms with van der Waals surface area (Å²) in [5.74, 6) is 3.17. The lowest BCUT2D eigenvalue weighted by atomic mass is 9.88. The number of ether oxygens (including phenoxy) is 1. The number of fused-ring (bicyclic) bond motifs is 4. The number of carbonyl (C=O) groups is 4. The second-order valence-electron chi connectivity index (χ2n) is 19.7. The summed E-state index contributed by atoms with van der Waals surface area (Å²) >= 11 is 0. The minimum Gasteiger partial charge on any atom is -0.495 e. The van der Waals surface area contributed by atoms with Crippen molar-refractivity contribution in [3.05, 3.63) is 75.9 Å². The van der Waals surface area contributed by atoms with E-state index in [0.717, 1.165) is 73.4 Å². The number of hydrogen-bond acceptors (Lipinski definition) is 15. The zero-order valence-electron chi connectivity index (χ0n) is 41.2. The van der Waals surface area contributed by atoms with E-state index < -0.39 is 11.9 Å². The summed E-state index contributed by atoms with van der Waals surface area (Å²) in [5.41, 5.74) is 3.26.